The van der Waals surface area contributed by atoms with Gasteiger partial charge in [-0.1, -0.05) is 23.2 Å². The third-order valence-electron chi connectivity index (χ3n) is 2.94. The van der Waals surface area contributed by atoms with E-state index in [1.54, 1.807) is 0 Å². The van der Waals surface area contributed by atoms with Gasteiger partial charge in [0, 0.05) is 17.2 Å². The van der Waals surface area contributed by atoms with Gasteiger partial charge in [-0.15, -0.1) is 0 Å². The number of rotatable bonds is 3. The van der Waals surface area contributed by atoms with Crippen LogP contribution in [0.1, 0.15) is 5.56 Å². The van der Waals surface area contributed by atoms with Crippen molar-refractivity contribution in [2.45, 2.75) is 6.18 Å². The number of non-ortho nitro benzene ring substituents is 1. The van der Waals surface area contributed by atoms with Crippen LogP contribution < -0.4 is 10.6 Å². The number of alkyl halides is 3. The molecule has 25 heavy (non-hydrogen) atoms. The summed E-state index contributed by atoms with van der Waals surface area (Å²) < 4.78 is 39.4. The molecule has 5 nitrogen and oxygen atoms in total. The molecule has 0 spiro atoms. The quantitative estimate of drug-likeness (QED) is 0.384. The van der Waals surface area contributed by atoms with Crippen molar-refractivity contribution in [3.8, 4) is 0 Å². The normalized spacial score (nSPS) is 11.1. The number of nitrogens with one attached hydrogen (secondary N) is 2. The second-order valence-electron chi connectivity index (χ2n) is 4.69. The number of nitro benzene ring substituents is 1. The van der Waals surface area contributed by atoms with E-state index in [4.69, 9.17) is 35.4 Å². The molecule has 0 aliphatic heterocycles. The summed E-state index contributed by atoms with van der Waals surface area (Å²) in [5.41, 5.74) is -2.05. The molecule has 0 fully saturated rings. The van der Waals surface area contributed by atoms with Crippen molar-refractivity contribution in [1.29, 1.82) is 0 Å². The predicted octanol–water partition coefficient (Wildman–Crippen LogP) is 5.73. The predicted molar refractivity (Wildman–Crippen MR) is 94.4 cm³/mol. The standard InChI is InChI=1S/C14H8Cl2F3N3O2S/c15-7-1-3-10(16)12(5-7)21-13(25)20-11-4-2-8(22(23)24)6-9(11)14(17,18)19/h1-6H,(H2,20,21,25). The van der Waals surface area contributed by atoms with Gasteiger partial charge < -0.3 is 10.6 Å². The minimum atomic E-state index is -4.81. The highest BCUT2D eigenvalue weighted by molar-refractivity contribution is 7.80. The molecule has 0 unspecified atom stereocenters. The molecule has 2 N–H and O–H groups in total. The number of nitrogens with zero attached hydrogens (tertiary/aromatic N) is 1. The zero-order valence-corrected chi connectivity index (χ0v) is 14.4. The fourth-order valence-electron chi connectivity index (χ4n) is 1.86. The van der Waals surface area contributed by atoms with Crippen LogP contribution in [0.3, 0.4) is 0 Å². The highest BCUT2D eigenvalue weighted by Gasteiger charge is 2.35. The molecule has 0 heterocycles. The van der Waals surface area contributed by atoms with Crippen molar-refractivity contribution in [2.75, 3.05) is 10.6 Å². The molecule has 0 bridgehead atoms. The largest absolute Gasteiger partial charge is 0.418 e. The smallest absolute Gasteiger partial charge is 0.332 e. The monoisotopic (exact) mass is 409 g/mol. The van der Waals surface area contributed by atoms with Crippen LogP contribution in [-0.4, -0.2) is 10.0 Å². The second-order valence-corrected chi connectivity index (χ2v) is 5.94. The van der Waals surface area contributed by atoms with Crippen LogP contribution >= 0.6 is 35.4 Å². The number of benzene rings is 2. The Bertz CT molecular complexity index is 847. The van der Waals surface area contributed by atoms with Crippen molar-refractivity contribution in [3.05, 3.63) is 62.1 Å². The Hall–Kier alpha value is -2.10. The third kappa shape index (κ3) is 4.94. The van der Waals surface area contributed by atoms with Gasteiger partial charge in [-0.3, -0.25) is 10.1 Å². The van der Waals surface area contributed by atoms with Gasteiger partial charge in [-0.2, -0.15) is 13.2 Å². The van der Waals surface area contributed by atoms with E-state index < -0.39 is 28.0 Å². The van der Waals surface area contributed by atoms with E-state index in [1.807, 2.05) is 0 Å². The Morgan fingerprint density at radius 3 is 2.32 bits per heavy atom. The summed E-state index contributed by atoms with van der Waals surface area (Å²) in [6.07, 6.45) is -4.81. The molecule has 0 saturated carbocycles. The third-order valence-corrected chi connectivity index (χ3v) is 3.71. The van der Waals surface area contributed by atoms with Crippen LogP contribution in [0.4, 0.5) is 30.2 Å². The minimum absolute atomic E-state index is 0.191. The number of nitro groups is 1. The van der Waals surface area contributed by atoms with Crippen LogP contribution in [0.25, 0.3) is 0 Å². The van der Waals surface area contributed by atoms with Crippen molar-refractivity contribution in [1.82, 2.24) is 0 Å². The summed E-state index contributed by atoms with van der Waals surface area (Å²) in [4.78, 5) is 9.76. The first-order chi connectivity index (χ1) is 11.6. The molecular formula is C14H8Cl2F3N3O2S. The number of hydrogen-bond donors (Lipinski definition) is 2. The Morgan fingerprint density at radius 1 is 1.08 bits per heavy atom. The summed E-state index contributed by atoms with van der Waals surface area (Å²) in [5.74, 6) is 0. The molecule has 0 amide bonds. The topological polar surface area (TPSA) is 67.2 Å². The van der Waals surface area contributed by atoms with Crippen LogP contribution in [0, 0.1) is 10.1 Å². The van der Waals surface area contributed by atoms with Gasteiger partial charge in [0.25, 0.3) is 5.69 Å². The first-order valence-corrected chi connectivity index (χ1v) is 7.63. The van der Waals surface area contributed by atoms with Gasteiger partial charge in [-0.25, -0.2) is 0 Å². The first-order valence-electron chi connectivity index (χ1n) is 6.46. The maximum Gasteiger partial charge on any atom is 0.418 e. The van der Waals surface area contributed by atoms with Crippen molar-refractivity contribution in [2.24, 2.45) is 0 Å². The summed E-state index contributed by atoms with van der Waals surface area (Å²) in [6, 6.07) is 6.75. The van der Waals surface area contributed by atoms with Crippen LogP contribution in [0.15, 0.2) is 36.4 Å². The SMILES string of the molecule is O=[N+]([O-])c1ccc(NC(=S)Nc2cc(Cl)ccc2Cl)c(C(F)(F)F)c1. The van der Waals surface area contributed by atoms with E-state index in [2.05, 4.69) is 10.6 Å². The van der Waals surface area contributed by atoms with Gasteiger partial charge in [0.05, 0.1) is 26.9 Å². The molecular weight excluding hydrogens is 402 g/mol. The number of hydrogen-bond acceptors (Lipinski definition) is 3. The van der Waals surface area contributed by atoms with E-state index >= 15 is 0 Å². The molecule has 2 aromatic rings. The van der Waals surface area contributed by atoms with E-state index in [9.17, 15) is 23.3 Å². The van der Waals surface area contributed by atoms with Crippen LogP contribution in [0.2, 0.25) is 10.0 Å². The summed E-state index contributed by atoms with van der Waals surface area (Å²) in [5, 5.41) is 16.1. The average molecular weight is 410 g/mol. The van der Waals surface area contributed by atoms with Gasteiger partial charge in [-0.05, 0) is 36.5 Å². The average Bonchev–Trinajstić information content (AvgIpc) is 2.50. The van der Waals surface area contributed by atoms with Gasteiger partial charge in [0.1, 0.15) is 0 Å². The number of anilines is 2. The second kappa shape index (κ2) is 7.42. The summed E-state index contributed by atoms with van der Waals surface area (Å²) >= 11 is 16.7. The zero-order valence-electron chi connectivity index (χ0n) is 12.0. The molecule has 11 heteroatoms. The maximum atomic E-state index is 13.1. The molecule has 0 aliphatic rings. The maximum absolute atomic E-state index is 13.1. The Labute approximate surface area is 154 Å². The summed E-state index contributed by atoms with van der Waals surface area (Å²) in [7, 11) is 0. The fraction of sp³-hybridized carbons (Fsp3) is 0.0714. The summed E-state index contributed by atoms with van der Waals surface area (Å²) in [6.45, 7) is 0. The van der Waals surface area contributed by atoms with Crippen molar-refractivity contribution >= 4 is 57.6 Å². The molecule has 2 aromatic carbocycles. The van der Waals surface area contributed by atoms with Gasteiger partial charge in [0.2, 0.25) is 0 Å². The lowest BCUT2D eigenvalue weighted by atomic mass is 10.1. The fourth-order valence-corrected chi connectivity index (χ4v) is 2.42. The number of thiocarbonyl (C=S) groups is 1. The Kier molecular flexibility index (Phi) is 5.71. The van der Waals surface area contributed by atoms with Crippen LogP contribution in [-0.2, 0) is 6.18 Å². The van der Waals surface area contributed by atoms with Gasteiger partial charge >= 0.3 is 6.18 Å². The molecule has 0 aliphatic carbocycles. The highest BCUT2D eigenvalue weighted by atomic mass is 35.5. The molecule has 2 rings (SSSR count). The van der Waals surface area contributed by atoms with Crippen molar-refractivity contribution < 1.29 is 18.1 Å². The van der Waals surface area contributed by atoms with E-state index in [-0.39, 0.29) is 10.1 Å². The van der Waals surface area contributed by atoms with E-state index in [0.717, 1.165) is 12.1 Å². The lowest BCUT2D eigenvalue weighted by Crippen LogP contribution is -2.22. The lowest BCUT2D eigenvalue weighted by Gasteiger charge is -2.16. The Morgan fingerprint density at radius 2 is 1.72 bits per heavy atom. The van der Waals surface area contributed by atoms with E-state index in [0.29, 0.717) is 16.8 Å². The zero-order chi connectivity index (χ0) is 18.8. The molecule has 0 atom stereocenters. The molecule has 132 valence electrons. The Balaban J connectivity index is 2.28. The minimum Gasteiger partial charge on any atom is -0.332 e. The molecule has 0 radical (unpaired) electrons. The van der Waals surface area contributed by atoms with E-state index in [1.165, 1.54) is 18.2 Å². The number of halogens is 5. The van der Waals surface area contributed by atoms with Crippen LogP contribution in [0.5, 0.6) is 0 Å². The molecule has 0 saturated heterocycles. The van der Waals surface area contributed by atoms with Crippen molar-refractivity contribution in [3.63, 3.8) is 0 Å². The lowest BCUT2D eigenvalue weighted by molar-refractivity contribution is -0.385. The first kappa shape index (κ1) is 19.2. The highest BCUT2D eigenvalue weighted by Crippen LogP contribution is 2.37. The molecule has 0 aromatic heterocycles. The van der Waals surface area contributed by atoms with Gasteiger partial charge in [0.15, 0.2) is 5.11 Å².